The number of rotatable bonds is 6. The predicted octanol–water partition coefficient (Wildman–Crippen LogP) is 6.03. The monoisotopic (exact) mass is 450 g/mol. The molecule has 0 heterocycles. The summed E-state index contributed by atoms with van der Waals surface area (Å²) in [6.45, 7) is 6.89. The van der Waals surface area contributed by atoms with Crippen molar-refractivity contribution in [3.63, 3.8) is 0 Å². The van der Waals surface area contributed by atoms with Crippen molar-refractivity contribution in [1.29, 1.82) is 0 Å². The summed E-state index contributed by atoms with van der Waals surface area (Å²) in [6, 6.07) is 29.9. The molecule has 0 aliphatic carbocycles. The number of benzene rings is 3. The molecule has 0 atom stereocenters. The van der Waals surface area contributed by atoms with Gasteiger partial charge in [-0.25, -0.2) is 0 Å². The molecule has 0 amide bonds. The van der Waals surface area contributed by atoms with Crippen molar-refractivity contribution in [1.82, 2.24) is 0 Å². The molecule has 3 rings (SSSR count). The minimum atomic E-state index is -2.56. The summed E-state index contributed by atoms with van der Waals surface area (Å²) in [5.41, 5.74) is 1.18. The maximum atomic E-state index is 7.00. The number of hydrogen-bond acceptors (Lipinski definition) is 1. The second kappa shape index (κ2) is 8.93. The van der Waals surface area contributed by atoms with E-state index in [-0.39, 0.29) is 5.04 Å². The van der Waals surface area contributed by atoms with Crippen LogP contribution in [-0.4, -0.2) is 13.6 Å². The van der Waals surface area contributed by atoms with E-state index in [1.165, 1.54) is 15.9 Å². The van der Waals surface area contributed by atoms with Crippen LogP contribution in [0.25, 0.3) is 6.08 Å². The smallest absolute Gasteiger partial charge is 0.319 e. The Bertz CT molecular complexity index is 857. The molecule has 3 aromatic carbocycles. The minimum Gasteiger partial charge on any atom is -0.534 e. The molecule has 3 aromatic rings. The summed E-state index contributed by atoms with van der Waals surface area (Å²) in [5, 5.41) is 3.39. The molecule has 0 unspecified atom stereocenters. The Morgan fingerprint density at radius 2 is 1.29 bits per heavy atom. The Hall–Kier alpha value is -2.10. The molecule has 0 saturated heterocycles. The number of alkyl halides is 1. The molecule has 28 heavy (non-hydrogen) atoms. The zero-order valence-electron chi connectivity index (χ0n) is 16.7. The molecule has 3 heteroatoms. The Balaban J connectivity index is 2.12. The summed E-state index contributed by atoms with van der Waals surface area (Å²) in [4.78, 5) is 0. The molecule has 1 nitrogen and oxygen atoms in total. The first-order chi connectivity index (χ1) is 13.5. The van der Waals surface area contributed by atoms with Gasteiger partial charge in [-0.2, -0.15) is 0 Å². The van der Waals surface area contributed by atoms with Crippen LogP contribution < -0.4 is 14.8 Å². The lowest BCUT2D eigenvalue weighted by Gasteiger charge is -2.43. The fourth-order valence-corrected chi connectivity index (χ4v) is 8.26. The van der Waals surface area contributed by atoms with Crippen LogP contribution in [0.4, 0.5) is 0 Å². The molecular formula is C25H27BrOSi. The van der Waals surface area contributed by atoms with Crippen LogP contribution in [0, 0.1) is 0 Å². The van der Waals surface area contributed by atoms with E-state index < -0.39 is 8.32 Å². The number of hydrogen-bond donors (Lipinski definition) is 0. The van der Waals surface area contributed by atoms with Gasteiger partial charge in [-0.1, -0.05) is 122 Å². The quantitative estimate of drug-likeness (QED) is 0.328. The van der Waals surface area contributed by atoms with Crippen LogP contribution in [0.1, 0.15) is 26.3 Å². The van der Waals surface area contributed by atoms with Gasteiger partial charge >= 0.3 is 8.32 Å². The van der Waals surface area contributed by atoms with E-state index in [2.05, 4.69) is 134 Å². The van der Waals surface area contributed by atoms with Crippen LogP contribution in [0.3, 0.4) is 0 Å². The summed E-state index contributed by atoms with van der Waals surface area (Å²) < 4.78 is 7.00. The number of halogens is 1. The van der Waals surface area contributed by atoms with E-state index in [9.17, 15) is 0 Å². The highest BCUT2D eigenvalue weighted by Crippen LogP contribution is 2.37. The summed E-state index contributed by atoms with van der Waals surface area (Å²) >= 11 is 3.43. The molecule has 0 spiro atoms. The largest absolute Gasteiger partial charge is 0.534 e. The normalized spacial score (nSPS) is 12.3. The van der Waals surface area contributed by atoms with Crippen molar-refractivity contribution >= 4 is 40.7 Å². The van der Waals surface area contributed by atoms with Gasteiger partial charge in [0.15, 0.2) is 0 Å². The average Bonchev–Trinajstić information content (AvgIpc) is 2.72. The average molecular weight is 451 g/mol. The molecule has 0 aliphatic rings. The van der Waals surface area contributed by atoms with Crippen molar-refractivity contribution in [3.8, 4) is 5.75 Å². The van der Waals surface area contributed by atoms with Crippen molar-refractivity contribution in [3.05, 3.63) is 96.6 Å². The van der Waals surface area contributed by atoms with Crippen LogP contribution in [0.15, 0.2) is 91.0 Å². The van der Waals surface area contributed by atoms with Gasteiger partial charge in [0.25, 0.3) is 0 Å². The van der Waals surface area contributed by atoms with Crippen LogP contribution in [0.5, 0.6) is 5.75 Å². The van der Waals surface area contributed by atoms with Gasteiger partial charge in [0, 0.05) is 5.33 Å². The van der Waals surface area contributed by atoms with Crippen LogP contribution in [-0.2, 0) is 0 Å². The highest BCUT2D eigenvalue weighted by molar-refractivity contribution is 9.09. The van der Waals surface area contributed by atoms with E-state index in [0.29, 0.717) is 0 Å². The SMILES string of the molecule is CC(C)(C)[Si](Oc1ccc(/C=C/CBr)cc1)(c1ccccc1)c1ccccc1. The fourth-order valence-electron chi connectivity index (χ4n) is 3.65. The van der Waals surface area contributed by atoms with Crippen LogP contribution in [0.2, 0.25) is 5.04 Å². The lowest BCUT2D eigenvalue weighted by atomic mass is 10.2. The Kier molecular flexibility index (Phi) is 6.58. The molecule has 0 fully saturated rings. The molecule has 0 aliphatic heterocycles. The van der Waals surface area contributed by atoms with Crippen LogP contribution >= 0.6 is 15.9 Å². The van der Waals surface area contributed by atoms with Gasteiger partial charge in [-0.3, -0.25) is 0 Å². The lowest BCUT2D eigenvalue weighted by molar-refractivity contribution is 0.508. The maximum Gasteiger partial charge on any atom is 0.319 e. The predicted molar refractivity (Wildman–Crippen MR) is 128 cm³/mol. The van der Waals surface area contributed by atoms with Crippen molar-refractivity contribution < 1.29 is 4.43 Å². The van der Waals surface area contributed by atoms with E-state index in [4.69, 9.17) is 4.43 Å². The summed E-state index contributed by atoms with van der Waals surface area (Å²) in [7, 11) is -2.56. The molecule has 0 aromatic heterocycles. The van der Waals surface area contributed by atoms with Gasteiger partial charge < -0.3 is 4.43 Å². The molecule has 144 valence electrons. The van der Waals surface area contributed by atoms with Gasteiger partial charge in [-0.15, -0.1) is 0 Å². The van der Waals surface area contributed by atoms with E-state index in [0.717, 1.165) is 11.1 Å². The topological polar surface area (TPSA) is 9.23 Å². The first kappa shape index (κ1) is 20.6. The minimum absolute atomic E-state index is 0.0375. The fraction of sp³-hybridized carbons (Fsp3) is 0.200. The Morgan fingerprint density at radius 3 is 1.71 bits per heavy atom. The second-order valence-electron chi connectivity index (χ2n) is 7.89. The summed E-state index contributed by atoms with van der Waals surface area (Å²) in [6.07, 6.45) is 4.21. The highest BCUT2D eigenvalue weighted by Gasteiger charge is 2.52. The third-order valence-corrected chi connectivity index (χ3v) is 10.3. The zero-order chi connectivity index (χ0) is 20.0. The third-order valence-electron chi connectivity index (χ3n) is 4.97. The molecule has 0 N–H and O–H groups in total. The van der Waals surface area contributed by atoms with Gasteiger partial charge in [0.05, 0.1) is 0 Å². The Morgan fingerprint density at radius 1 is 0.786 bits per heavy atom. The van der Waals surface area contributed by atoms with Gasteiger partial charge in [0.1, 0.15) is 5.75 Å². The Labute approximate surface area is 178 Å². The first-order valence-corrected chi connectivity index (χ1v) is 12.6. The molecular weight excluding hydrogens is 424 g/mol. The van der Waals surface area contributed by atoms with E-state index in [1.54, 1.807) is 0 Å². The highest BCUT2D eigenvalue weighted by atomic mass is 79.9. The summed E-state index contributed by atoms with van der Waals surface area (Å²) in [5.74, 6) is 0.922. The third kappa shape index (κ3) is 4.31. The first-order valence-electron chi connectivity index (χ1n) is 9.60. The molecule has 0 saturated carbocycles. The number of allylic oxidation sites excluding steroid dienone is 1. The van der Waals surface area contributed by atoms with E-state index in [1.807, 2.05) is 0 Å². The zero-order valence-corrected chi connectivity index (χ0v) is 19.3. The lowest BCUT2D eigenvalue weighted by Crippen LogP contribution is -2.68. The van der Waals surface area contributed by atoms with Gasteiger partial charge in [0.2, 0.25) is 0 Å². The van der Waals surface area contributed by atoms with Crippen molar-refractivity contribution in [2.75, 3.05) is 5.33 Å². The molecule has 0 radical (unpaired) electrons. The second-order valence-corrected chi connectivity index (χ2v) is 12.8. The van der Waals surface area contributed by atoms with E-state index >= 15 is 0 Å². The van der Waals surface area contributed by atoms with Crippen molar-refractivity contribution in [2.45, 2.75) is 25.8 Å². The van der Waals surface area contributed by atoms with Crippen molar-refractivity contribution in [2.24, 2.45) is 0 Å². The van der Waals surface area contributed by atoms with Gasteiger partial charge in [-0.05, 0) is 33.1 Å². The molecule has 0 bridgehead atoms. The standard InChI is InChI=1S/C25H27BrOSi/c1-25(2,3)28(23-12-6-4-7-13-23,24-14-8-5-9-15-24)27-22-18-16-21(17-19-22)11-10-20-26/h4-19H,20H2,1-3H3/b11-10+. The maximum absolute atomic E-state index is 7.00.